The molecule has 4 nitrogen and oxygen atoms in total. The van der Waals surface area contributed by atoms with Gasteiger partial charge in [-0.25, -0.2) is 0 Å². The van der Waals surface area contributed by atoms with Gasteiger partial charge in [0, 0.05) is 5.69 Å². The van der Waals surface area contributed by atoms with Gasteiger partial charge >= 0.3 is 5.97 Å². The molecule has 2 N–H and O–H groups in total. The molecule has 1 amide bonds. The van der Waals surface area contributed by atoms with Gasteiger partial charge in [-0.3, -0.25) is 9.59 Å². The first-order valence-corrected chi connectivity index (χ1v) is 8.27. The van der Waals surface area contributed by atoms with E-state index in [2.05, 4.69) is 5.32 Å². The van der Waals surface area contributed by atoms with E-state index in [0.717, 1.165) is 11.1 Å². The number of rotatable bonds is 5. The number of hydrogen-bond donors (Lipinski definition) is 2. The van der Waals surface area contributed by atoms with Crippen molar-refractivity contribution in [1.82, 2.24) is 0 Å². The maximum atomic E-state index is 12.7. The lowest BCUT2D eigenvalue weighted by atomic mass is 9.83. The zero-order valence-electron chi connectivity index (χ0n) is 15.4. The zero-order chi connectivity index (χ0) is 18.8. The molecule has 2 aromatic carbocycles. The van der Waals surface area contributed by atoms with Crippen molar-refractivity contribution in [1.29, 1.82) is 0 Å². The third kappa shape index (κ3) is 3.90. The molecule has 0 radical (unpaired) electrons. The Morgan fingerprint density at radius 2 is 1.24 bits per heavy atom. The highest BCUT2D eigenvalue weighted by Gasteiger charge is 2.31. The molecule has 2 rings (SSSR count). The molecule has 0 aliphatic carbocycles. The lowest BCUT2D eigenvalue weighted by Gasteiger charge is -2.25. The van der Waals surface area contributed by atoms with Gasteiger partial charge in [0.15, 0.2) is 0 Å². The molecule has 25 heavy (non-hydrogen) atoms. The number of amides is 1. The lowest BCUT2D eigenvalue weighted by molar-refractivity contribution is -0.142. The highest BCUT2D eigenvalue weighted by atomic mass is 16.4. The number of carboxylic acids is 1. The average Bonchev–Trinajstić information content (AvgIpc) is 2.55. The van der Waals surface area contributed by atoms with Crippen molar-refractivity contribution in [2.45, 2.75) is 45.4 Å². The Hall–Kier alpha value is -2.62. The van der Waals surface area contributed by atoms with Gasteiger partial charge in [0.2, 0.25) is 5.91 Å². The second-order valence-corrected chi connectivity index (χ2v) is 7.45. The lowest BCUT2D eigenvalue weighted by Crippen LogP contribution is -2.34. The summed E-state index contributed by atoms with van der Waals surface area (Å²) in [5, 5.41) is 12.2. The van der Waals surface area contributed by atoms with Crippen LogP contribution in [0, 0.1) is 6.92 Å². The Morgan fingerprint density at radius 3 is 1.72 bits per heavy atom. The summed E-state index contributed by atoms with van der Waals surface area (Å²) < 4.78 is 0. The van der Waals surface area contributed by atoms with E-state index >= 15 is 0 Å². The molecule has 0 heterocycles. The van der Waals surface area contributed by atoms with Crippen LogP contribution in [0.5, 0.6) is 0 Å². The Labute approximate surface area is 148 Å². The molecule has 0 aromatic heterocycles. The van der Waals surface area contributed by atoms with E-state index in [0.29, 0.717) is 11.3 Å². The van der Waals surface area contributed by atoms with Crippen LogP contribution in [0.2, 0.25) is 0 Å². The van der Waals surface area contributed by atoms with Gasteiger partial charge in [-0.2, -0.15) is 0 Å². The molecule has 132 valence electrons. The molecular formula is C21H25NO3. The summed E-state index contributed by atoms with van der Waals surface area (Å²) in [4.78, 5) is 24.0. The quantitative estimate of drug-likeness (QED) is 0.855. The third-order valence-corrected chi connectivity index (χ3v) is 4.74. The minimum Gasteiger partial charge on any atom is -0.481 e. The summed E-state index contributed by atoms with van der Waals surface area (Å²) in [6, 6.07) is 14.9. The topological polar surface area (TPSA) is 66.4 Å². The number of nitrogens with one attached hydrogen (secondary N) is 1. The average molecular weight is 339 g/mol. The molecule has 0 unspecified atom stereocenters. The Morgan fingerprint density at radius 1 is 0.800 bits per heavy atom. The first-order valence-electron chi connectivity index (χ1n) is 8.27. The Balaban J connectivity index is 2.17. The first-order chi connectivity index (χ1) is 11.5. The van der Waals surface area contributed by atoms with Crippen LogP contribution in [0.4, 0.5) is 5.69 Å². The van der Waals surface area contributed by atoms with Gasteiger partial charge < -0.3 is 10.4 Å². The number of benzene rings is 2. The molecule has 0 bridgehead atoms. The number of carbonyl (C=O) groups is 2. The van der Waals surface area contributed by atoms with E-state index in [1.165, 1.54) is 0 Å². The highest BCUT2D eigenvalue weighted by Crippen LogP contribution is 2.27. The van der Waals surface area contributed by atoms with Crippen molar-refractivity contribution in [2.75, 3.05) is 5.32 Å². The van der Waals surface area contributed by atoms with Crippen LogP contribution in [-0.4, -0.2) is 17.0 Å². The molecule has 0 spiro atoms. The van der Waals surface area contributed by atoms with Gasteiger partial charge in [-0.05, 0) is 57.9 Å². The molecule has 0 fully saturated rings. The monoisotopic (exact) mass is 339 g/mol. The molecule has 2 aromatic rings. The second-order valence-electron chi connectivity index (χ2n) is 7.45. The predicted molar refractivity (Wildman–Crippen MR) is 99.9 cm³/mol. The molecule has 0 atom stereocenters. The molecular weight excluding hydrogens is 314 g/mol. The van der Waals surface area contributed by atoms with E-state index in [9.17, 15) is 14.7 Å². The maximum absolute atomic E-state index is 12.7. The summed E-state index contributed by atoms with van der Waals surface area (Å²) in [6.07, 6.45) is 0. The molecule has 0 saturated heterocycles. The van der Waals surface area contributed by atoms with E-state index < -0.39 is 16.8 Å². The Kier molecular flexibility index (Phi) is 5.02. The van der Waals surface area contributed by atoms with Gasteiger partial charge in [-0.15, -0.1) is 0 Å². The minimum atomic E-state index is -0.969. The van der Waals surface area contributed by atoms with Gasteiger partial charge in [0.1, 0.15) is 0 Å². The molecule has 0 saturated carbocycles. The molecule has 0 aliphatic rings. The van der Waals surface area contributed by atoms with Crippen molar-refractivity contribution < 1.29 is 14.7 Å². The van der Waals surface area contributed by atoms with Crippen molar-refractivity contribution in [3.05, 3.63) is 65.2 Å². The van der Waals surface area contributed by atoms with Crippen LogP contribution in [0.15, 0.2) is 48.5 Å². The van der Waals surface area contributed by atoms with Crippen molar-refractivity contribution in [3.8, 4) is 0 Å². The van der Waals surface area contributed by atoms with Crippen LogP contribution < -0.4 is 5.32 Å². The van der Waals surface area contributed by atoms with Gasteiger partial charge in [-0.1, -0.05) is 42.0 Å². The largest absolute Gasteiger partial charge is 0.481 e. The summed E-state index contributed by atoms with van der Waals surface area (Å²) in [5.74, 6) is -0.994. The van der Waals surface area contributed by atoms with Crippen LogP contribution in [-0.2, 0) is 20.4 Å². The number of aryl methyl sites for hydroxylation is 1. The summed E-state index contributed by atoms with van der Waals surface area (Å²) >= 11 is 0. The number of anilines is 1. The first kappa shape index (κ1) is 18.7. The van der Waals surface area contributed by atoms with Crippen LogP contribution in [0.25, 0.3) is 0 Å². The van der Waals surface area contributed by atoms with Crippen LogP contribution in [0.3, 0.4) is 0 Å². The van der Waals surface area contributed by atoms with Crippen molar-refractivity contribution in [2.24, 2.45) is 0 Å². The zero-order valence-corrected chi connectivity index (χ0v) is 15.4. The number of aliphatic carboxylic acids is 1. The van der Waals surface area contributed by atoms with Crippen molar-refractivity contribution >= 4 is 17.6 Å². The van der Waals surface area contributed by atoms with E-state index in [4.69, 9.17) is 0 Å². The van der Waals surface area contributed by atoms with Crippen LogP contribution >= 0.6 is 0 Å². The van der Waals surface area contributed by atoms with Gasteiger partial charge in [0.05, 0.1) is 10.8 Å². The van der Waals surface area contributed by atoms with Gasteiger partial charge in [0.25, 0.3) is 0 Å². The Bertz CT molecular complexity index is 772. The number of carboxylic acid groups (broad SMARTS) is 1. The fourth-order valence-electron chi connectivity index (χ4n) is 2.48. The fraction of sp³-hybridized carbons (Fsp3) is 0.333. The highest BCUT2D eigenvalue weighted by molar-refractivity contribution is 5.98. The third-order valence-electron chi connectivity index (χ3n) is 4.74. The number of carbonyl (C=O) groups excluding carboxylic acids is 1. The predicted octanol–water partition coefficient (Wildman–Crippen LogP) is 4.27. The molecule has 0 aliphatic heterocycles. The van der Waals surface area contributed by atoms with E-state index in [1.54, 1.807) is 38.1 Å². The summed E-state index contributed by atoms with van der Waals surface area (Å²) in [6.45, 7) is 9.09. The maximum Gasteiger partial charge on any atom is 0.313 e. The smallest absolute Gasteiger partial charge is 0.313 e. The van der Waals surface area contributed by atoms with Crippen LogP contribution in [0.1, 0.15) is 44.4 Å². The number of hydrogen-bond acceptors (Lipinski definition) is 2. The normalized spacial score (nSPS) is 11.9. The minimum absolute atomic E-state index is 0.110. The summed E-state index contributed by atoms with van der Waals surface area (Å²) in [5.41, 5.74) is 1.79. The standard InChI is InChI=1S/C21H25NO3/c1-14-6-8-15(9-7-14)20(2,3)18(23)22-17-12-10-16(11-13-17)21(4,5)19(24)25/h6-13H,1-5H3,(H,22,23)(H,24,25). The SMILES string of the molecule is Cc1ccc(C(C)(C)C(=O)Nc2ccc(C(C)(C)C(=O)O)cc2)cc1. The summed E-state index contributed by atoms with van der Waals surface area (Å²) in [7, 11) is 0. The van der Waals surface area contributed by atoms with E-state index in [-0.39, 0.29) is 5.91 Å². The fourth-order valence-corrected chi connectivity index (χ4v) is 2.48. The second kappa shape index (κ2) is 6.71. The molecule has 4 heteroatoms. The van der Waals surface area contributed by atoms with E-state index in [1.807, 2.05) is 45.0 Å². The van der Waals surface area contributed by atoms with Crippen molar-refractivity contribution in [3.63, 3.8) is 0 Å².